The Morgan fingerprint density at radius 2 is 1.88 bits per heavy atom. The zero-order valence-corrected chi connectivity index (χ0v) is 8.74. The molecule has 0 radical (unpaired) electrons. The largest absolute Gasteiger partial charge is 0.511 e. The molecule has 0 aliphatic heterocycles. The number of benzene rings is 1. The number of carboxylic acid groups (broad SMARTS) is 1. The number of aromatic nitrogens is 1. The van der Waals surface area contributed by atoms with E-state index in [2.05, 4.69) is 9.72 Å². The van der Waals surface area contributed by atoms with Crippen LogP contribution in [0.4, 0.5) is 4.79 Å². The van der Waals surface area contributed by atoms with E-state index in [4.69, 9.17) is 9.84 Å². The van der Waals surface area contributed by atoms with Crippen molar-refractivity contribution in [3.63, 3.8) is 0 Å². The van der Waals surface area contributed by atoms with E-state index in [1.54, 1.807) is 30.3 Å². The van der Waals surface area contributed by atoms with E-state index in [-0.39, 0.29) is 11.6 Å². The van der Waals surface area contributed by atoms with Gasteiger partial charge in [0.05, 0.1) is 0 Å². The van der Waals surface area contributed by atoms with Crippen molar-refractivity contribution in [3.05, 3.63) is 48.7 Å². The van der Waals surface area contributed by atoms with Crippen LogP contribution in [0.3, 0.4) is 0 Å². The fourth-order valence-corrected chi connectivity index (χ4v) is 1.22. The van der Waals surface area contributed by atoms with E-state index < -0.39 is 6.16 Å². The highest BCUT2D eigenvalue weighted by Gasteiger charge is 2.10. The number of pyridine rings is 1. The number of para-hydroxylation sites is 1. The van der Waals surface area contributed by atoms with Crippen LogP contribution in [0.25, 0.3) is 0 Å². The first kappa shape index (κ1) is 10.9. The van der Waals surface area contributed by atoms with Gasteiger partial charge in [0.15, 0.2) is 5.75 Å². The Kier molecular flexibility index (Phi) is 3.20. The molecule has 0 aliphatic rings. The highest BCUT2D eigenvalue weighted by molar-refractivity contribution is 5.62. The molecule has 1 heterocycles. The zero-order valence-electron chi connectivity index (χ0n) is 8.74. The van der Waals surface area contributed by atoms with Crippen molar-refractivity contribution in [2.45, 2.75) is 0 Å². The second kappa shape index (κ2) is 4.98. The molecule has 5 heteroatoms. The Bertz CT molecular complexity index is 513. The van der Waals surface area contributed by atoms with E-state index >= 15 is 0 Å². The third-order valence-corrected chi connectivity index (χ3v) is 1.89. The smallest absolute Gasteiger partial charge is 0.449 e. The number of carbonyl (C=O) groups is 1. The second-order valence-corrected chi connectivity index (χ2v) is 3.09. The van der Waals surface area contributed by atoms with Crippen LogP contribution in [0.2, 0.25) is 0 Å². The van der Waals surface area contributed by atoms with Crippen molar-refractivity contribution in [2.24, 2.45) is 0 Å². The Hall–Kier alpha value is -2.56. The molecule has 1 N–H and O–H groups in total. The molecule has 86 valence electrons. The summed E-state index contributed by atoms with van der Waals surface area (Å²) >= 11 is 0. The molecular weight excluding hydrogens is 222 g/mol. The summed E-state index contributed by atoms with van der Waals surface area (Å²) in [6.45, 7) is 0. The zero-order chi connectivity index (χ0) is 12.1. The molecule has 1 aromatic heterocycles. The summed E-state index contributed by atoms with van der Waals surface area (Å²) in [5.41, 5.74) is 0. The van der Waals surface area contributed by atoms with Crippen molar-refractivity contribution in [1.29, 1.82) is 0 Å². The number of nitrogens with zero attached hydrogens (tertiary/aromatic N) is 1. The van der Waals surface area contributed by atoms with Gasteiger partial charge in [0, 0.05) is 6.20 Å². The van der Waals surface area contributed by atoms with Crippen LogP contribution in [0.15, 0.2) is 48.7 Å². The summed E-state index contributed by atoms with van der Waals surface area (Å²) in [6, 6.07) is 12.0. The molecule has 0 bridgehead atoms. The summed E-state index contributed by atoms with van der Waals surface area (Å²) in [5, 5.41) is 8.55. The summed E-state index contributed by atoms with van der Waals surface area (Å²) in [5.74, 6) is 0.728. The van der Waals surface area contributed by atoms with Crippen LogP contribution >= 0.6 is 0 Å². The predicted molar refractivity (Wildman–Crippen MR) is 59.4 cm³/mol. The fraction of sp³-hybridized carbons (Fsp3) is 0. The number of rotatable bonds is 3. The molecule has 1 aromatic carbocycles. The number of hydrogen-bond acceptors (Lipinski definition) is 4. The predicted octanol–water partition coefficient (Wildman–Crippen LogP) is 2.93. The second-order valence-electron chi connectivity index (χ2n) is 3.09. The first-order chi connectivity index (χ1) is 8.25. The molecule has 0 amide bonds. The monoisotopic (exact) mass is 231 g/mol. The normalized spacial score (nSPS) is 9.65. The highest BCUT2D eigenvalue weighted by atomic mass is 16.7. The van der Waals surface area contributed by atoms with Gasteiger partial charge in [0.1, 0.15) is 5.75 Å². The van der Waals surface area contributed by atoms with Crippen molar-refractivity contribution >= 4 is 6.16 Å². The lowest BCUT2D eigenvalue weighted by Gasteiger charge is -2.07. The third-order valence-electron chi connectivity index (χ3n) is 1.89. The van der Waals surface area contributed by atoms with Crippen LogP contribution in [0, 0.1) is 0 Å². The van der Waals surface area contributed by atoms with Gasteiger partial charge < -0.3 is 14.6 Å². The van der Waals surface area contributed by atoms with E-state index in [1.807, 2.05) is 6.07 Å². The van der Waals surface area contributed by atoms with Crippen LogP contribution in [-0.2, 0) is 0 Å². The van der Waals surface area contributed by atoms with Gasteiger partial charge in [-0.1, -0.05) is 18.2 Å². The Morgan fingerprint density at radius 1 is 1.12 bits per heavy atom. The van der Waals surface area contributed by atoms with Gasteiger partial charge in [0.2, 0.25) is 0 Å². The van der Waals surface area contributed by atoms with Gasteiger partial charge in [-0.3, -0.25) is 0 Å². The van der Waals surface area contributed by atoms with Gasteiger partial charge in [-0.25, -0.2) is 9.78 Å². The fourth-order valence-electron chi connectivity index (χ4n) is 1.22. The summed E-state index contributed by atoms with van der Waals surface area (Å²) in [4.78, 5) is 14.4. The molecule has 0 aliphatic carbocycles. The molecule has 17 heavy (non-hydrogen) atoms. The van der Waals surface area contributed by atoms with Crippen molar-refractivity contribution in [3.8, 4) is 17.4 Å². The first-order valence-electron chi connectivity index (χ1n) is 4.84. The van der Waals surface area contributed by atoms with Gasteiger partial charge in [-0.2, -0.15) is 0 Å². The van der Waals surface area contributed by atoms with Crippen LogP contribution in [0.1, 0.15) is 0 Å². The summed E-state index contributed by atoms with van der Waals surface area (Å²) in [6.07, 6.45) is 0.0865. The maximum absolute atomic E-state index is 10.5. The maximum atomic E-state index is 10.5. The molecule has 0 saturated heterocycles. The molecule has 5 nitrogen and oxygen atoms in total. The molecule has 0 spiro atoms. The lowest BCUT2D eigenvalue weighted by molar-refractivity contribution is 0.143. The van der Waals surface area contributed by atoms with Gasteiger partial charge >= 0.3 is 6.16 Å². The van der Waals surface area contributed by atoms with E-state index in [0.717, 1.165) is 0 Å². The Labute approximate surface area is 97.3 Å². The van der Waals surface area contributed by atoms with Gasteiger partial charge in [-0.15, -0.1) is 0 Å². The highest BCUT2D eigenvalue weighted by Crippen LogP contribution is 2.28. The minimum atomic E-state index is -1.41. The van der Waals surface area contributed by atoms with E-state index in [9.17, 15) is 4.79 Å². The van der Waals surface area contributed by atoms with Crippen molar-refractivity contribution in [2.75, 3.05) is 0 Å². The van der Waals surface area contributed by atoms with Crippen molar-refractivity contribution in [1.82, 2.24) is 4.98 Å². The number of ether oxygens (including phenoxy) is 2. The van der Waals surface area contributed by atoms with Crippen molar-refractivity contribution < 1.29 is 19.4 Å². The topological polar surface area (TPSA) is 68.7 Å². The average molecular weight is 231 g/mol. The lowest BCUT2D eigenvalue weighted by atomic mass is 10.3. The quantitative estimate of drug-likeness (QED) is 0.822. The molecule has 0 fully saturated rings. The van der Waals surface area contributed by atoms with Crippen LogP contribution in [-0.4, -0.2) is 16.2 Å². The third kappa shape index (κ3) is 2.94. The Balaban J connectivity index is 2.23. The first-order valence-corrected chi connectivity index (χ1v) is 4.84. The van der Waals surface area contributed by atoms with Crippen LogP contribution in [0.5, 0.6) is 17.4 Å². The molecule has 0 unspecified atom stereocenters. The molecular formula is C12H9NO4. The molecule has 0 saturated carbocycles. The van der Waals surface area contributed by atoms with Crippen LogP contribution < -0.4 is 9.47 Å². The maximum Gasteiger partial charge on any atom is 0.511 e. The minimum Gasteiger partial charge on any atom is -0.449 e. The standard InChI is InChI=1S/C12H9NO4/c14-12(15)17-10-7-4-8-13-11(10)16-9-5-2-1-3-6-9/h1-8H,(H,14,15). The van der Waals surface area contributed by atoms with Gasteiger partial charge in [-0.05, 0) is 24.3 Å². The SMILES string of the molecule is O=C(O)Oc1cccnc1Oc1ccccc1. The summed E-state index contributed by atoms with van der Waals surface area (Å²) in [7, 11) is 0. The Morgan fingerprint density at radius 3 is 2.59 bits per heavy atom. The van der Waals surface area contributed by atoms with Gasteiger partial charge in [0.25, 0.3) is 5.88 Å². The average Bonchev–Trinajstić information content (AvgIpc) is 2.32. The lowest BCUT2D eigenvalue weighted by Crippen LogP contribution is -2.04. The van der Waals surface area contributed by atoms with E-state index in [0.29, 0.717) is 5.75 Å². The summed E-state index contributed by atoms with van der Waals surface area (Å²) < 4.78 is 9.96. The number of hydrogen-bond donors (Lipinski definition) is 1. The molecule has 0 atom stereocenters. The minimum absolute atomic E-state index is 0.0591. The molecule has 2 rings (SSSR count). The molecule has 2 aromatic rings. The van der Waals surface area contributed by atoms with E-state index in [1.165, 1.54) is 12.3 Å².